The van der Waals surface area contributed by atoms with Crippen molar-refractivity contribution in [3.8, 4) is 5.88 Å². The fourth-order valence-corrected chi connectivity index (χ4v) is 1.62. The molecule has 0 atom stereocenters. The van der Waals surface area contributed by atoms with Crippen LogP contribution >= 0.6 is 11.6 Å². The van der Waals surface area contributed by atoms with Gasteiger partial charge in [-0.2, -0.15) is 13.2 Å². The molecule has 1 aromatic heterocycles. The van der Waals surface area contributed by atoms with E-state index in [-0.39, 0.29) is 6.20 Å². The van der Waals surface area contributed by atoms with Crippen LogP contribution in [0.4, 0.5) is 35.1 Å². The number of hydrogen-bond acceptors (Lipinski definition) is 2. The zero-order valence-electron chi connectivity index (χ0n) is 9.12. The SMILES string of the molecule is FC(F)c1cnc(OC(F)(F)F)c(CCl)c1C(F)(F)F. The average molecular weight is 330 g/mol. The van der Waals surface area contributed by atoms with Crippen molar-refractivity contribution >= 4 is 11.6 Å². The fraction of sp³-hybridized carbons (Fsp3) is 0.444. The summed E-state index contributed by atoms with van der Waals surface area (Å²) in [5, 5.41) is 0. The Balaban J connectivity index is 3.53. The standard InChI is InChI=1S/C9H4ClF8NO/c10-1-3-5(8(13,14)15)4(6(11)12)2-19-7(3)20-9(16,17)18/h2,6H,1H2. The van der Waals surface area contributed by atoms with E-state index >= 15 is 0 Å². The Morgan fingerprint density at radius 2 is 1.70 bits per heavy atom. The predicted octanol–water partition coefficient (Wildman–Crippen LogP) is 4.68. The van der Waals surface area contributed by atoms with Crippen molar-refractivity contribution < 1.29 is 39.9 Å². The van der Waals surface area contributed by atoms with Crippen LogP contribution in [-0.4, -0.2) is 11.3 Å². The average Bonchev–Trinajstić information content (AvgIpc) is 2.24. The molecule has 0 unspecified atom stereocenters. The maximum Gasteiger partial charge on any atom is 0.574 e. The van der Waals surface area contributed by atoms with Crippen molar-refractivity contribution in [1.82, 2.24) is 4.98 Å². The predicted molar refractivity (Wildman–Crippen MR) is 50.4 cm³/mol. The van der Waals surface area contributed by atoms with Crippen LogP contribution in [0.1, 0.15) is 23.1 Å². The first-order chi connectivity index (χ1) is 8.97. The lowest BCUT2D eigenvalue weighted by Crippen LogP contribution is -2.21. The molecule has 0 radical (unpaired) electrons. The summed E-state index contributed by atoms with van der Waals surface area (Å²) in [5.74, 6) is -2.64. The van der Waals surface area contributed by atoms with Crippen LogP contribution in [0.2, 0.25) is 0 Å². The molecule has 114 valence electrons. The minimum absolute atomic E-state index is 0.0232. The summed E-state index contributed by atoms with van der Waals surface area (Å²) in [6.45, 7) is 0. The van der Waals surface area contributed by atoms with E-state index in [0.29, 0.717) is 0 Å². The normalized spacial score (nSPS) is 12.9. The van der Waals surface area contributed by atoms with Gasteiger partial charge in [0.05, 0.1) is 11.4 Å². The molecule has 0 bridgehead atoms. The van der Waals surface area contributed by atoms with Gasteiger partial charge in [0.15, 0.2) is 0 Å². The van der Waals surface area contributed by atoms with E-state index in [9.17, 15) is 35.1 Å². The van der Waals surface area contributed by atoms with Crippen molar-refractivity contribution in [3.05, 3.63) is 22.9 Å². The molecule has 0 aliphatic heterocycles. The summed E-state index contributed by atoms with van der Waals surface area (Å²) >= 11 is 5.12. The molecule has 0 N–H and O–H groups in total. The minimum Gasteiger partial charge on any atom is -0.388 e. The van der Waals surface area contributed by atoms with Gasteiger partial charge in [0.2, 0.25) is 5.88 Å². The second-order valence-electron chi connectivity index (χ2n) is 3.35. The Labute approximate surface area is 111 Å². The molecule has 0 fully saturated rings. The molecule has 20 heavy (non-hydrogen) atoms. The van der Waals surface area contributed by atoms with E-state index in [1.54, 1.807) is 0 Å². The Morgan fingerprint density at radius 3 is 2.05 bits per heavy atom. The van der Waals surface area contributed by atoms with Gasteiger partial charge in [-0.05, 0) is 0 Å². The molecule has 0 aliphatic carbocycles. The molecule has 0 spiro atoms. The zero-order valence-corrected chi connectivity index (χ0v) is 9.87. The van der Waals surface area contributed by atoms with Gasteiger partial charge in [0, 0.05) is 17.3 Å². The van der Waals surface area contributed by atoms with Crippen molar-refractivity contribution in [2.24, 2.45) is 0 Å². The highest BCUT2D eigenvalue weighted by Gasteiger charge is 2.42. The van der Waals surface area contributed by atoms with Gasteiger partial charge in [0.1, 0.15) is 0 Å². The molecule has 0 saturated carbocycles. The van der Waals surface area contributed by atoms with Crippen LogP contribution in [-0.2, 0) is 12.1 Å². The molecule has 1 rings (SSSR count). The number of nitrogens with zero attached hydrogens (tertiary/aromatic N) is 1. The molecule has 1 aromatic rings. The quantitative estimate of drug-likeness (QED) is 0.593. The van der Waals surface area contributed by atoms with Gasteiger partial charge in [0.25, 0.3) is 6.43 Å². The lowest BCUT2D eigenvalue weighted by Gasteiger charge is -2.19. The Kier molecular flexibility index (Phi) is 4.67. The van der Waals surface area contributed by atoms with Crippen molar-refractivity contribution in [3.63, 3.8) is 0 Å². The molecule has 0 amide bonds. The summed E-state index contributed by atoms with van der Waals surface area (Å²) in [7, 11) is 0. The van der Waals surface area contributed by atoms with Crippen molar-refractivity contribution in [2.45, 2.75) is 24.8 Å². The zero-order chi connectivity index (χ0) is 15.7. The Morgan fingerprint density at radius 1 is 1.15 bits per heavy atom. The van der Waals surface area contributed by atoms with Gasteiger partial charge in [-0.15, -0.1) is 24.8 Å². The first-order valence-electron chi connectivity index (χ1n) is 4.66. The summed E-state index contributed by atoms with van der Waals surface area (Å²) in [6, 6.07) is 0. The number of alkyl halides is 9. The first kappa shape index (κ1) is 16.7. The van der Waals surface area contributed by atoms with Crippen LogP contribution in [0.5, 0.6) is 5.88 Å². The molecule has 11 heteroatoms. The third-order valence-corrected chi connectivity index (χ3v) is 2.30. The van der Waals surface area contributed by atoms with Crippen LogP contribution in [0.15, 0.2) is 6.20 Å². The van der Waals surface area contributed by atoms with E-state index in [1.165, 1.54) is 0 Å². The lowest BCUT2D eigenvalue weighted by molar-refractivity contribution is -0.276. The summed E-state index contributed by atoms with van der Waals surface area (Å²) in [5.41, 5.74) is -4.84. The highest BCUT2D eigenvalue weighted by Crippen LogP contribution is 2.42. The molecule has 2 nitrogen and oxygen atoms in total. The number of pyridine rings is 1. The topological polar surface area (TPSA) is 22.1 Å². The molecule has 0 aliphatic rings. The molecular formula is C9H4ClF8NO. The summed E-state index contributed by atoms with van der Waals surface area (Å²) in [6.07, 6.45) is -14.3. The highest BCUT2D eigenvalue weighted by atomic mass is 35.5. The number of aromatic nitrogens is 1. The van der Waals surface area contributed by atoms with Crippen LogP contribution < -0.4 is 4.74 Å². The Hall–Kier alpha value is -1.32. The number of hydrogen-bond donors (Lipinski definition) is 0. The van der Waals surface area contributed by atoms with E-state index in [1.807, 2.05) is 0 Å². The summed E-state index contributed by atoms with van der Waals surface area (Å²) < 4.78 is 102. The maximum atomic E-state index is 12.7. The number of halogens is 9. The van der Waals surface area contributed by atoms with E-state index in [0.717, 1.165) is 0 Å². The maximum absolute atomic E-state index is 12.7. The highest BCUT2D eigenvalue weighted by molar-refractivity contribution is 6.17. The van der Waals surface area contributed by atoms with Crippen LogP contribution in [0.25, 0.3) is 0 Å². The van der Waals surface area contributed by atoms with E-state index in [4.69, 9.17) is 11.6 Å². The largest absolute Gasteiger partial charge is 0.574 e. The monoisotopic (exact) mass is 329 g/mol. The van der Waals surface area contributed by atoms with Gasteiger partial charge in [-0.25, -0.2) is 13.8 Å². The third kappa shape index (κ3) is 3.84. The number of ether oxygens (including phenoxy) is 1. The molecular weight excluding hydrogens is 326 g/mol. The Bertz CT molecular complexity index is 484. The molecule has 1 heterocycles. The second-order valence-corrected chi connectivity index (χ2v) is 3.62. The van der Waals surface area contributed by atoms with Gasteiger partial charge in [-0.1, -0.05) is 0 Å². The van der Waals surface area contributed by atoms with E-state index in [2.05, 4.69) is 9.72 Å². The lowest BCUT2D eigenvalue weighted by atomic mass is 10.0. The van der Waals surface area contributed by atoms with Crippen LogP contribution in [0, 0.1) is 0 Å². The fourth-order valence-electron chi connectivity index (χ4n) is 1.37. The second kappa shape index (κ2) is 5.58. The first-order valence-corrected chi connectivity index (χ1v) is 5.19. The van der Waals surface area contributed by atoms with E-state index < -0.39 is 47.4 Å². The van der Waals surface area contributed by atoms with Crippen LogP contribution in [0.3, 0.4) is 0 Å². The third-order valence-electron chi connectivity index (χ3n) is 2.03. The van der Waals surface area contributed by atoms with Crippen molar-refractivity contribution in [1.29, 1.82) is 0 Å². The van der Waals surface area contributed by atoms with Gasteiger partial charge >= 0.3 is 12.5 Å². The summed E-state index contributed by atoms with van der Waals surface area (Å²) in [4.78, 5) is 2.82. The molecule has 0 saturated heterocycles. The minimum atomic E-state index is -5.33. The van der Waals surface area contributed by atoms with Gasteiger partial charge < -0.3 is 4.74 Å². The molecule has 0 aromatic carbocycles. The number of rotatable bonds is 3. The van der Waals surface area contributed by atoms with Gasteiger partial charge in [-0.3, -0.25) is 0 Å². The van der Waals surface area contributed by atoms with Crippen molar-refractivity contribution in [2.75, 3.05) is 0 Å². The smallest absolute Gasteiger partial charge is 0.388 e.